The minimum Gasteiger partial charge on any atom is -0.497 e. The summed E-state index contributed by atoms with van der Waals surface area (Å²) in [6, 6.07) is 16.0. The van der Waals surface area contributed by atoms with Gasteiger partial charge in [-0.15, -0.1) is 11.8 Å². The lowest BCUT2D eigenvalue weighted by atomic mass is 10.0. The Bertz CT molecular complexity index is 704. The van der Waals surface area contributed by atoms with E-state index in [1.807, 2.05) is 36.4 Å². The third-order valence-electron chi connectivity index (χ3n) is 4.36. The Balaban J connectivity index is 1.51. The van der Waals surface area contributed by atoms with Gasteiger partial charge in [0.05, 0.1) is 7.11 Å². The highest BCUT2D eigenvalue weighted by Gasteiger charge is 2.29. The number of nitrogens with one attached hydrogen (secondary N) is 3. The number of hydrogen-bond donors (Lipinski definition) is 3. The van der Waals surface area contributed by atoms with Gasteiger partial charge in [0.15, 0.2) is 0 Å². The van der Waals surface area contributed by atoms with Gasteiger partial charge in [0.25, 0.3) is 0 Å². The van der Waals surface area contributed by atoms with E-state index in [2.05, 4.69) is 34.6 Å². The summed E-state index contributed by atoms with van der Waals surface area (Å²) in [4.78, 5) is 13.6. The van der Waals surface area contributed by atoms with Crippen LogP contribution >= 0.6 is 11.8 Å². The monoisotopic (exact) mass is 357 g/mol. The van der Waals surface area contributed by atoms with E-state index in [9.17, 15) is 4.79 Å². The molecule has 1 aliphatic rings. The summed E-state index contributed by atoms with van der Waals surface area (Å²) >= 11 is 1.71. The summed E-state index contributed by atoms with van der Waals surface area (Å²) in [5.74, 6) is 0.842. The SMILES string of the molecule is COc1ccc(C2CC(C(=O)NCc3ccc(SC)cc3)NN2)cc1. The maximum atomic E-state index is 12.4. The van der Waals surface area contributed by atoms with Crippen molar-refractivity contribution in [1.29, 1.82) is 0 Å². The summed E-state index contributed by atoms with van der Waals surface area (Å²) in [6.07, 6.45) is 2.76. The number of thioether (sulfide) groups is 1. The molecule has 0 aromatic heterocycles. The standard InChI is InChI=1S/C19H23N3O2S/c1-24-15-7-5-14(6-8-15)17-11-18(22-21-17)19(23)20-12-13-3-9-16(25-2)10-4-13/h3-10,17-18,21-22H,11-12H2,1-2H3,(H,20,23). The Morgan fingerprint density at radius 2 is 1.88 bits per heavy atom. The van der Waals surface area contributed by atoms with Gasteiger partial charge in [-0.1, -0.05) is 24.3 Å². The van der Waals surface area contributed by atoms with Gasteiger partial charge < -0.3 is 10.1 Å². The van der Waals surface area contributed by atoms with E-state index in [0.717, 1.165) is 16.9 Å². The van der Waals surface area contributed by atoms with Crippen molar-refractivity contribution in [3.8, 4) is 5.75 Å². The van der Waals surface area contributed by atoms with E-state index in [1.54, 1.807) is 18.9 Å². The van der Waals surface area contributed by atoms with Crippen molar-refractivity contribution < 1.29 is 9.53 Å². The summed E-state index contributed by atoms with van der Waals surface area (Å²) < 4.78 is 5.18. The summed E-state index contributed by atoms with van der Waals surface area (Å²) in [5.41, 5.74) is 8.53. The molecule has 0 bridgehead atoms. The van der Waals surface area contributed by atoms with Crippen LogP contribution in [0, 0.1) is 0 Å². The van der Waals surface area contributed by atoms with Crippen LogP contribution in [-0.4, -0.2) is 25.3 Å². The van der Waals surface area contributed by atoms with Gasteiger partial charge >= 0.3 is 0 Å². The second-order valence-corrected chi connectivity index (χ2v) is 6.85. The number of rotatable bonds is 6. The molecule has 3 rings (SSSR count). The third-order valence-corrected chi connectivity index (χ3v) is 5.11. The Kier molecular flexibility index (Phi) is 5.96. The molecule has 6 heteroatoms. The molecule has 0 saturated carbocycles. The Hall–Kier alpha value is -2.02. The molecule has 1 heterocycles. The molecular formula is C19H23N3O2S. The molecule has 132 valence electrons. The lowest BCUT2D eigenvalue weighted by Gasteiger charge is -2.11. The van der Waals surface area contributed by atoms with Crippen molar-refractivity contribution in [1.82, 2.24) is 16.2 Å². The van der Waals surface area contributed by atoms with E-state index in [0.29, 0.717) is 13.0 Å². The average molecular weight is 357 g/mol. The van der Waals surface area contributed by atoms with E-state index in [1.165, 1.54) is 4.90 Å². The molecule has 25 heavy (non-hydrogen) atoms. The number of hydrogen-bond acceptors (Lipinski definition) is 5. The van der Waals surface area contributed by atoms with Gasteiger partial charge in [-0.3, -0.25) is 4.79 Å². The van der Waals surface area contributed by atoms with Gasteiger partial charge in [-0.25, -0.2) is 10.9 Å². The highest BCUT2D eigenvalue weighted by atomic mass is 32.2. The first-order chi connectivity index (χ1) is 12.2. The van der Waals surface area contributed by atoms with Crippen LogP contribution in [0.4, 0.5) is 0 Å². The van der Waals surface area contributed by atoms with Crippen molar-refractivity contribution >= 4 is 17.7 Å². The van der Waals surface area contributed by atoms with Crippen LogP contribution < -0.4 is 20.9 Å². The predicted octanol–water partition coefficient (Wildman–Crippen LogP) is 2.64. The maximum Gasteiger partial charge on any atom is 0.238 e. The zero-order chi connectivity index (χ0) is 17.6. The number of methoxy groups -OCH3 is 1. The number of hydrazine groups is 1. The second-order valence-electron chi connectivity index (χ2n) is 5.97. The van der Waals surface area contributed by atoms with Gasteiger partial charge in [-0.2, -0.15) is 0 Å². The van der Waals surface area contributed by atoms with Gasteiger partial charge in [0, 0.05) is 17.5 Å². The van der Waals surface area contributed by atoms with Crippen molar-refractivity contribution in [2.24, 2.45) is 0 Å². The minimum absolute atomic E-state index is 0.0115. The minimum atomic E-state index is -0.238. The van der Waals surface area contributed by atoms with Gasteiger partial charge in [0.2, 0.25) is 5.91 Å². The van der Waals surface area contributed by atoms with Crippen LogP contribution in [0.5, 0.6) is 5.75 Å². The van der Waals surface area contributed by atoms with E-state index < -0.39 is 0 Å². The van der Waals surface area contributed by atoms with E-state index >= 15 is 0 Å². The first-order valence-electron chi connectivity index (χ1n) is 8.25. The molecule has 3 N–H and O–H groups in total. The number of amides is 1. The predicted molar refractivity (Wildman–Crippen MR) is 100 cm³/mol. The van der Waals surface area contributed by atoms with E-state index in [4.69, 9.17) is 4.74 Å². The fourth-order valence-electron chi connectivity index (χ4n) is 2.84. The van der Waals surface area contributed by atoms with Crippen LogP contribution in [0.2, 0.25) is 0 Å². The van der Waals surface area contributed by atoms with Gasteiger partial charge in [-0.05, 0) is 48.1 Å². The molecule has 1 amide bonds. The van der Waals surface area contributed by atoms with Crippen LogP contribution in [0.25, 0.3) is 0 Å². The molecule has 1 aliphatic heterocycles. The van der Waals surface area contributed by atoms with Crippen LogP contribution in [0.15, 0.2) is 53.4 Å². The zero-order valence-corrected chi connectivity index (χ0v) is 15.2. The molecular weight excluding hydrogens is 334 g/mol. The van der Waals surface area contributed by atoms with Crippen LogP contribution in [0.1, 0.15) is 23.6 Å². The molecule has 5 nitrogen and oxygen atoms in total. The van der Waals surface area contributed by atoms with Crippen molar-refractivity contribution in [3.05, 3.63) is 59.7 Å². The number of carbonyl (C=O) groups excluding carboxylic acids is 1. The molecule has 2 atom stereocenters. The number of benzene rings is 2. The molecule has 2 unspecified atom stereocenters. The Morgan fingerprint density at radius 1 is 1.16 bits per heavy atom. The normalized spacial score (nSPS) is 19.6. The van der Waals surface area contributed by atoms with Crippen molar-refractivity contribution in [2.45, 2.75) is 29.9 Å². The molecule has 1 fully saturated rings. The fourth-order valence-corrected chi connectivity index (χ4v) is 3.25. The molecule has 0 spiro atoms. The van der Waals surface area contributed by atoms with Crippen molar-refractivity contribution in [3.63, 3.8) is 0 Å². The second kappa shape index (κ2) is 8.38. The first-order valence-corrected chi connectivity index (χ1v) is 9.47. The molecule has 1 saturated heterocycles. The van der Waals surface area contributed by atoms with Crippen LogP contribution in [-0.2, 0) is 11.3 Å². The van der Waals surface area contributed by atoms with Gasteiger partial charge in [0.1, 0.15) is 11.8 Å². The molecule has 0 radical (unpaired) electrons. The smallest absolute Gasteiger partial charge is 0.238 e. The highest BCUT2D eigenvalue weighted by molar-refractivity contribution is 7.98. The number of carbonyl (C=O) groups is 1. The molecule has 2 aromatic rings. The zero-order valence-electron chi connectivity index (χ0n) is 14.4. The van der Waals surface area contributed by atoms with E-state index in [-0.39, 0.29) is 18.0 Å². The highest BCUT2D eigenvalue weighted by Crippen LogP contribution is 2.24. The largest absolute Gasteiger partial charge is 0.497 e. The summed E-state index contributed by atoms with van der Waals surface area (Å²) in [5, 5.41) is 3.00. The van der Waals surface area contributed by atoms with Crippen molar-refractivity contribution in [2.75, 3.05) is 13.4 Å². The quantitative estimate of drug-likeness (QED) is 0.694. The van der Waals surface area contributed by atoms with Crippen LogP contribution in [0.3, 0.4) is 0 Å². The Morgan fingerprint density at radius 3 is 2.52 bits per heavy atom. The number of ether oxygens (including phenoxy) is 1. The topological polar surface area (TPSA) is 62.4 Å². The average Bonchev–Trinajstić information content (AvgIpc) is 3.17. The third kappa shape index (κ3) is 4.54. The maximum absolute atomic E-state index is 12.4. The molecule has 2 aromatic carbocycles. The lowest BCUT2D eigenvalue weighted by molar-refractivity contribution is -0.123. The first kappa shape index (κ1) is 17.8. The molecule has 0 aliphatic carbocycles. The fraction of sp³-hybridized carbons (Fsp3) is 0.316. The summed E-state index contributed by atoms with van der Waals surface area (Å²) in [6.45, 7) is 0.541. The Labute approximate surface area is 152 Å². The summed E-state index contributed by atoms with van der Waals surface area (Å²) in [7, 11) is 1.65. The lowest BCUT2D eigenvalue weighted by Crippen LogP contribution is -2.42.